The van der Waals surface area contributed by atoms with Gasteiger partial charge in [-0.25, -0.2) is 9.86 Å². The predicted molar refractivity (Wildman–Crippen MR) is 119 cm³/mol. The van der Waals surface area contributed by atoms with E-state index in [4.69, 9.17) is 28.0 Å². The average Bonchev–Trinajstić information content (AvgIpc) is 3.12. The first-order valence-electron chi connectivity index (χ1n) is 10.2. The Bertz CT molecular complexity index is 1020. The molecule has 0 bridgehead atoms. The number of halogens is 5. The van der Waals surface area contributed by atoms with Gasteiger partial charge in [0.05, 0.1) is 24.4 Å². The monoisotopic (exact) mass is 522 g/mol. The van der Waals surface area contributed by atoms with Crippen molar-refractivity contribution in [1.82, 2.24) is 25.1 Å². The first-order chi connectivity index (χ1) is 16.0. The van der Waals surface area contributed by atoms with Crippen LogP contribution in [0, 0.1) is 0 Å². The highest BCUT2D eigenvalue weighted by Crippen LogP contribution is 2.35. The molecule has 1 aromatic carbocycles. The molecule has 1 aromatic heterocycles. The van der Waals surface area contributed by atoms with Gasteiger partial charge >= 0.3 is 12.2 Å². The Balaban J connectivity index is 1.70. The molecule has 3 amide bonds. The van der Waals surface area contributed by atoms with Gasteiger partial charge in [-0.15, -0.1) is 0 Å². The quantitative estimate of drug-likeness (QED) is 0.588. The summed E-state index contributed by atoms with van der Waals surface area (Å²) in [5.41, 5.74) is -0.497. The average molecular weight is 523 g/mol. The van der Waals surface area contributed by atoms with E-state index in [1.165, 1.54) is 14.2 Å². The van der Waals surface area contributed by atoms with E-state index in [9.17, 15) is 22.8 Å². The molecule has 34 heavy (non-hydrogen) atoms. The molecule has 9 nitrogen and oxygen atoms in total. The maximum Gasteiger partial charge on any atom is 0.436 e. The van der Waals surface area contributed by atoms with Crippen LogP contribution in [0.4, 0.5) is 23.7 Å². The van der Waals surface area contributed by atoms with Crippen LogP contribution < -0.4 is 10.2 Å². The third kappa shape index (κ3) is 6.05. The Morgan fingerprint density at radius 1 is 1.15 bits per heavy atom. The number of benzene rings is 1. The van der Waals surface area contributed by atoms with Gasteiger partial charge in [-0.3, -0.25) is 14.3 Å². The Morgan fingerprint density at radius 3 is 2.32 bits per heavy atom. The Labute approximate surface area is 203 Å². The first-order valence-corrected chi connectivity index (χ1v) is 10.9. The minimum Gasteiger partial charge on any atom is -0.368 e. The molecule has 0 atom stereocenters. The number of nitrogens with one attached hydrogen (secondary N) is 1. The van der Waals surface area contributed by atoms with Gasteiger partial charge in [0.2, 0.25) is 5.91 Å². The largest absolute Gasteiger partial charge is 0.436 e. The molecule has 14 heteroatoms. The normalized spacial score (nSPS) is 14.3. The van der Waals surface area contributed by atoms with Crippen molar-refractivity contribution in [2.75, 3.05) is 45.2 Å². The molecule has 1 aliphatic rings. The molecule has 0 radical (unpaired) electrons. The Hall–Kier alpha value is -2.70. The number of nitrogens with zero attached hydrogens (tertiary/aromatic N) is 5. The zero-order chi connectivity index (χ0) is 25.0. The molecule has 1 saturated heterocycles. The van der Waals surface area contributed by atoms with Crippen LogP contribution in [-0.4, -0.2) is 72.0 Å². The van der Waals surface area contributed by atoms with Crippen LogP contribution in [0.3, 0.4) is 0 Å². The van der Waals surface area contributed by atoms with Crippen molar-refractivity contribution in [2.24, 2.45) is 0 Å². The molecule has 2 heterocycles. The van der Waals surface area contributed by atoms with E-state index >= 15 is 0 Å². The second kappa shape index (κ2) is 10.7. The van der Waals surface area contributed by atoms with Crippen molar-refractivity contribution >= 4 is 40.8 Å². The van der Waals surface area contributed by atoms with Crippen molar-refractivity contribution in [2.45, 2.75) is 19.3 Å². The van der Waals surface area contributed by atoms with Crippen molar-refractivity contribution in [3.8, 4) is 0 Å². The molecule has 186 valence electrons. The van der Waals surface area contributed by atoms with Gasteiger partial charge < -0.3 is 15.1 Å². The van der Waals surface area contributed by atoms with E-state index < -0.39 is 35.4 Å². The number of rotatable bonds is 6. The van der Waals surface area contributed by atoms with Crippen LogP contribution in [0.25, 0.3) is 0 Å². The lowest BCUT2D eigenvalue weighted by molar-refractivity contribution is -0.142. The van der Waals surface area contributed by atoms with Crippen molar-refractivity contribution in [1.29, 1.82) is 0 Å². The van der Waals surface area contributed by atoms with Gasteiger partial charge in [-0.2, -0.15) is 18.3 Å². The number of amides is 3. The molecule has 0 aliphatic carbocycles. The molecule has 0 unspecified atom stereocenters. The van der Waals surface area contributed by atoms with Crippen LogP contribution in [-0.2, 0) is 28.9 Å². The lowest BCUT2D eigenvalue weighted by Crippen LogP contribution is -2.49. The van der Waals surface area contributed by atoms with Crippen molar-refractivity contribution in [3.63, 3.8) is 0 Å². The number of piperazine rings is 1. The fourth-order valence-electron chi connectivity index (χ4n) is 3.40. The highest BCUT2D eigenvalue weighted by atomic mass is 35.5. The summed E-state index contributed by atoms with van der Waals surface area (Å²) < 4.78 is 41.0. The van der Waals surface area contributed by atoms with E-state index in [1.54, 1.807) is 17.0 Å². The number of anilines is 1. The van der Waals surface area contributed by atoms with Crippen molar-refractivity contribution < 1.29 is 27.6 Å². The van der Waals surface area contributed by atoms with Gasteiger partial charge in [-0.05, 0) is 24.3 Å². The smallest absolute Gasteiger partial charge is 0.368 e. The maximum atomic E-state index is 13.4. The molecule has 1 aliphatic heterocycles. The van der Waals surface area contributed by atoms with Crippen LogP contribution in [0.5, 0.6) is 0 Å². The minimum absolute atomic E-state index is 0.139. The van der Waals surface area contributed by atoms with E-state index in [0.29, 0.717) is 31.2 Å². The SMILES string of the molecule is CON(C)C(=O)NCc1c(Cl)c(C(F)(F)F)nn1CC(=O)N1CCN(c2ccc(Cl)cc2)CC1. The molecule has 0 spiro atoms. The molecular weight excluding hydrogens is 500 g/mol. The third-order valence-corrected chi connectivity index (χ3v) is 5.99. The molecule has 2 aromatic rings. The summed E-state index contributed by atoms with van der Waals surface area (Å²) in [7, 11) is 2.58. The fourth-order valence-corrected chi connectivity index (χ4v) is 3.84. The minimum atomic E-state index is -4.82. The first kappa shape index (κ1) is 25.9. The summed E-state index contributed by atoms with van der Waals surface area (Å²) in [5.74, 6) is -0.412. The standard InChI is InChI=1S/C20H23Cl2F3N6O3/c1-28(34-2)19(33)26-11-15-17(22)18(20(23,24)25)27-31(15)12-16(32)30-9-7-29(8-10-30)14-5-3-13(21)4-6-14/h3-6H,7-12H2,1-2H3,(H,26,33). The summed E-state index contributed by atoms with van der Waals surface area (Å²) in [6.45, 7) is 1.02. The van der Waals surface area contributed by atoms with E-state index in [-0.39, 0.29) is 12.2 Å². The highest BCUT2D eigenvalue weighted by Gasteiger charge is 2.39. The van der Waals surface area contributed by atoms with Gasteiger partial charge in [0.25, 0.3) is 0 Å². The van der Waals surface area contributed by atoms with Gasteiger partial charge in [0, 0.05) is 43.9 Å². The lowest BCUT2D eigenvalue weighted by atomic mass is 10.2. The number of carbonyl (C=O) groups is 2. The zero-order valence-corrected chi connectivity index (χ0v) is 19.9. The summed E-state index contributed by atoms with van der Waals surface area (Å²) in [6, 6.07) is 6.61. The number of carbonyl (C=O) groups excluding carboxylic acids is 2. The number of alkyl halides is 3. The molecular formula is C20H23Cl2F3N6O3. The lowest BCUT2D eigenvalue weighted by Gasteiger charge is -2.36. The number of hydrogen-bond acceptors (Lipinski definition) is 5. The summed E-state index contributed by atoms with van der Waals surface area (Å²) >= 11 is 11.9. The Morgan fingerprint density at radius 2 is 1.76 bits per heavy atom. The second-order valence-corrected chi connectivity index (χ2v) is 8.26. The number of hydroxylamine groups is 2. The molecule has 1 fully saturated rings. The van der Waals surface area contributed by atoms with Gasteiger partial charge in [-0.1, -0.05) is 23.2 Å². The summed E-state index contributed by atoms with van der Waals surface area (Å²) in [5, 5.41) is 6.71. The fraction of sp³-hybridized carbons (Fsp3) is 0.450. The van der Waals surface area contributed by atoms with Gasteiger partial charge in [0.15, 0.2) is 5.69 Å². The van der Waals surface area contributed by atoms with E-state index in [0.717, 1.165) is 15.4 Å². The van der Waals surface area contributed by atoms with Crippen LogP contribution >= 0.6 is 23.2 Å². The summed E-state index contributed by atoms with van der Waals surface area (Å²) in [4.78, 5) is 33.1. The van der Waals surface area contributed by atoms with E-state index in [2.05, 4.69) is 15.3 Å². The molecule has 1 N–H and O–H groups in total. The second-order valence-electron chi connectivity index (χ2n) is 7.45. The number of hydrogen-bond donors (Lipinski definition) is 1. The highest BCUT2D eigenvalue weighted by molar-refractivity contribution is 6.32. The third-order valence-electron chi connectivity index (χ3n) is 5.34. The van der Waals surface area contributed by atoms with Crippen LogP contribution in [0.1, 0.15) is 11.4 Å². The van der Waals surface area contributed by atoms with Gasteiger partial charge in [0.1, 0.15) is 6.54 Å². The molecule has 3 rings (SSSR count). The zero-order valence-electron chi connectivity index (χ0n) is 18.4. The number of urea groups is 1. The topological polar surface area (TPSA) is 82.9 Å². The van der Waals surface area contributed by atoms with E-state index in [1.807, 2.05) is 12.1 Å². The maximum absolute atomic E-state index is 13.4. The van der Waals surface area contributed by atoms with Crippen LogP contribution in [0.2, 0.25) is 10.0 Å². The van der Waals surface area contributed by atoms with Crippen LogP contribution in [0.15, 0.2) is 24.3 Å². The molecule has 0 saturated carbocycles. The summed E-state index contributed by atoms with van der Waals surface area (Å²) in [6.07, 6.45) is -4.82. The Kier molecular flexibility index (Phi) is 8.16. The number of aromatic nitrogens is 2. The van der Waals surface area contributed by atoms with Crippen molar-refractivity contribution in [3.05, 3.63) is 45.7 Å². The predicted octanol–water partition coefficient (Wildman–Crippen LogP) is 3.26.